The molecule has 0 saturated heterocycles. The van der Waals surface area contributed by atoms with Gasteiger partial charge in [-0.3, -0.25) is 9.78 Å². The highest BCUT2D eigenvalue weighted by molar-refractivity contribution is 6.14. The number of nitrogens with zero attached hydrogens (tertiary/aromatic N) is 1. The molecule has 0 amide bonds. The number of carbonyl (C=O) groups excluding carboxylic acids is 1. The molecule has 3 rings (SSSR count). The van der Waals surface area contributed by atoms with Crippen molar-refractivity contribution < 1.29 is 13.6 Å². The summed E-state index contributed by atoms with van der Waals surface area (Å²) in [6.07, 6.45) is 1.52. The van der Waals surface area contributed by atoms with Crippen LogP contribution in [0.1, 0.15) is 16.1 Å². The van der Waals surface area contributed by atoms with Crippen LogP contribution in [0, 0.1) is 11.6 Å². The predicted octanol–water partition coefficient (Wildman–Crippen LogP) is 3.74. The lowest BCUT2D eigenvalue weighted by atomic mass is 10.0. The zero-order valence-electron chi connectivity index (χ0n) is 10.3. The van der Waals surface area contributed by atoms with Gasteiger partial charge in [-0.2, -0.15) is 0 Å². The van der Waals surface area contributed by atoms with Crippen molar-refractivity contribution in [3.05, 3.63) is 77.6 Å². The molecule has 0 radical (unpaired) electrons. The first-order valence-corrected chi connectivity index (χ1v) is 6.00. The van der Waals surface area contributed by atoms with Crippen LogP contribution in [0.15, 0.2) is 54.7 Å². The molecule has 3 aromatic rings. The van der Waals surface area contributed by atoms with E-state index >= 15 is 0 Å². The third kappa shape index (κ3) is 2.05. The second-order valence-electron chi connectivity index (χ2n) is 4.34. The maximum absolute atomic E-state index is 13.2. The molecule has 2 aromatic carbocycles. The number of benzene rings is 2. The Bertz CT molecular complexity index is 809. The number of hydrogen-bond donors (Lipinski definition) is 0. The molecule has 0 saturated carbocycles. The molecule has 0 aliphatic rings. The Hall–Kier alpha value is -2.62. The van der Waals surface area contributed by atoms with Crippen LogP contribution in [0.2, 0.25) is 0 Å². The third-order valence-electron chi connectivity index (χ3n) is 3.07. The smallest absolute Gasteiger partial charge is 0.212 e. The SMILES string of the molecule is O=C(c1ccc(F)c(F)c1)c1nccc2ccccc12. The quantitative estimate of drug-likeness (QED) is 0.663. The van der Waals surface area contributed by atoms with Gasteiger partial charge in [0.25, 0.3) is 0 Å². The zero-order chi connectivity index (χ0) is 14.1. The molecule has 2 nitrogen and oxygen atoms in total. The molecule has 0 N–H and O–H groups in total. The molecule has 1 aromatic heterocycles. The first-order valence-electron chi connectivity index (χ1n) is 6.00. The summed E-state index contributed by atoms with van der Waals surface area (Å²) in [6, 6.07) is 12.2. The minimum atomic E-state index is -1.05. The second-order valence-corrected chi connectivity index (χ2v) is 4.34. The van der Waals surface area contributed by atoms with E-state index in [0.29, 0.717) is 5.39 Å². The highest BCUT2D eigenvalue weighted by Gasteiger charge is 2.15. The van der Waals surface area contributed by atoms with E-state index in [1.54, 1.807) is 18.2 Å². The number of hydrogen-bond acceptors (Lipinski definition) is 2. The Morgan fingerprint density at radius 3 is 2.55 bits per heavy atom. The van der Waals surface area contributed by atoms with Gasteiger partial charge in [0, 0.05) is 17.1 Å². The molecule has 0 aliphatic heterocycles. The largest absolute Gasteiger partial charge is 0.287 e. The van der Waals surface area contributed by atoms with E-state index in [-0.39, 0.29) is 11.3 Å². The fourth-order valence-electron chi connectivity index (χ4n) is 2.07. The van der Waals surface area contributed by atoms with Crippen LogP contribution in [-0.2, 0) is 0 Å². The Kier molecular flexibility index (Phi) is 2.99. The maximum atomic E-state index is 13.2. The Morgan fingerprint density at radius 1 is 0.950 bits per heavy atom. The minimum Gasteiger partial charge on any atom is -0.287 e. The molecule has 0 fully saturated rings. The molecular formula is C16H9F2NO. The van der Waals surface area contributed by atoms with Crippen molar-refractivity contribution in [1.82, 2.24) is 4.98 Å². The zero-order valence-corrected chi connectivity index (χ0v) is 10.3. The van der Waals surface area contributed by atoms with E-state index in [1.807, 2.05) is 12.1 Å². The van der Waals surface area contributed by atoms with Crippen LogP contribution in [0.3, 0.4) is 0 Å². The molecule has 20 heavy (non-hydrogen) atoms. The summed E-state index contributed by atoms with van der Waals surface area (Å²) < 4.78 is 26.1. The van der Waals surface area contributed by atoms with E-state index < -0.39 is 17.4 Å². The number of pyridine rings is 1. The van der Waals surface area contributed by atoms with Gasteiger partial charge in [0.15, 0.2) is 11.6 Å². The summed E-state index contributed by atoms with van der Waals surface area (Å²) in [5.41, 5.74) is 0.307. The van der Waals surface area contributed by atoms with Crippen molar-refractivity contribution in [3.8, 4) is 0 Å². The molecule has 0 unspecified atom stereocenters. The van der Waals surface area contributed by atoms with Crippen molar-refractivity contribution >= 4 is 16.6 Å². The molecule has 98 valence electrons. The number of aromatic nitrogens is 1. The summed E-state index contributed by atoms with van der Waals surface area (Å²) in [7, 11) is 0. The molecule has 0 atom stereocenters. The molecule has 0 spiro atoms. The van der Waals surface area contributed by atoms with Crippen LogP contribution in [0.5, 0.6) is 0 Å². The number of fused-ring (bicyclic) bond motifs is 1. The average molecular weight is 269 g/mol. The summed E-state index contributed by atoms with van der Waals surface area (Å²) in [4.78, 5) is 16.4. The van der Waals surface area contributed by atoms with Crippen LogP contribution in [0.4, 0.5) is 8.78 Å². The first kappa shape index (κ1) is 12.4. The lowest BCUT2D eigenvalue weighted by Gasteiger charge is -2.05. The lowest BCUT2D eigenvalue weighted by molar-refractivity contribution is 0.103. The van der Waals surface area contributed by atoms with Crippen molar-refractivity contribution in [2.75, 3.05) is 0 Å². The van der Waals surface area contributed by atoms with Crippen molar-refractivity contribution in [2.45, 2.75) is 0 Å². The minimum absolute atomic E-state index is 0.0766. The summed E-state index contributed by atoms with van der Waals surface area (Å²) in [5.74, 6) is -2.45. The Labute approximate surface area is 113 Å². The highest BCUT2D eigenvalue weighted by atomic mass is 19.2. The van der Waals surface area contributed by atoms with Gasteiger partial charge < -0.3 is 0 Å². The lowest BCUT2D eigenvalue weighted by Crippen LogP contribution is -2.05. The standard InChI is InChI=1S/C16H9F2NO/c17-13-6-5-11(9-14(13)18)16(20)15-12-4-2-1-3-10(12)7-8-19-15/h1-9H. The Morgan fingerprint density at radius 2 is 1.75 bits per heavy atom. The van der Waals surface area contributed by atoms with Gasteiger partial charge in [0.2, 0.25) is 5.78 Å². The van der Waals surface area contributed by atoms with E-state index in [2.05, 4.69) is 4.98 Å². The Balaban J connectivity index is 2.15. The van der Waals surface area contributed by atoms with E-state index in [0.717, 1.165) is 17.5 Å². The van der Waals surface area contributed by atoms with Crippen molar-refractivity contribution in [2.24, 2.45) is 0 Å². The number of halogens is 2. The van der Waals surface area contributed by atoms with Gasteiger partial charge in [-0.15, -0.1) is 0 Å². The molecule has 4 heteroatoms. The van der Waals surface area contributed by atoms with E-state index in [4.69, 9.17) is 0 Å². The van der Waals surface area contributed by atoms with Gasteiger partial charge in [0.05, 0.1) is 0 Å². The monoisotopic (exact) mass is 269 g/mol. The number of carbonyl (C=O) groups is 1. The number of rotatable bonds is 2. The first-order chi connectivity index (χ1) is 9.66. The van der Waals surface area contributed by atoms with Gasteiger partial charge in [0.1, 0.15) is 5.69 Å². The third-order valence-corrected chi connectivity index (χ3v) is 3.07. The van der Waals surface area contributed by atoms with Crippen molar-refractivity contribution in [1.29, 1.82) is 0 Å². The molecule has 0 bridgehead atoms. The van der Waals surface area contributed by atoms with E-state index in [1.165, 1.54) is 12.3 Å². The normalized spacial score (nSPS) is 10.7. The topological polar surface area (TPSA) is 30.0 Å². The fraction of sp³-hybridized carbons (Fsp3) is 0. The molecular weight excluding hydrogens is 260 g/mol. The summed E-state index contributed by atoms with van der Waals surface area (Å²) in [5, 5.41) is 1.55. The average Bonchev–Trinajstić information content (AvgIpc) is 2.49. The van der Waals surface area contributed by atoms with Crippen molar-refractivity contribution in [3.63, 3.8) is 0 Å². The molecule has 0 aliphatic carbocycles. The molecule has 1 heterocycles. The summed E-state index contributed by atoms with van der Waals surface area (Å²) in [6.45, 7) is 0. The number of ketones is 1. The van der Waals surface area contributed by atoms with Gasteiger partial charge >= 0.3 is 0 Å². The summed E-state index contributed by atoms with van der Waals surface area (Å²) >= 11 is 0. The van der Waals surface area contributed by atoms with E-state index in [9.17, 15) is 13.6 Å². The predicted molar refractivity (Wildman–Crippen MR) is 71.5 cm³/mol. The maximum Gasteiger partial charge on any atom is 0.212 e. The van der Waals surface area contributed by atoms with Crippen LogP contribution in [-0.4, -0.2) is 10.8 Å². The van der Waals surface area contributed by atoms with Crippen LogP contribution >= 0.6 is 0 Å². The van der Waals surface area contributed by atoms with Crippen LogP contribution < -0.4 is 0 Å². The van der Waals surface area contributed by atoms with Gasteiger partial charge in [-0.05, 0) is 29.7 Å². The highest BCUT2D eigenvalue weighted by Crippen LogP contribution is 2.20. The van der Waals surface area contributed by atoms with Gasteiger partial charge in [-0.25, -0.2) is 8.78 Å². The van der Waals surface area contributed by atoms with Crippen LogP contribution in [0.25, 0.3) is 10.8 Å². The fourth-order valence-corrected chi connectivity index (χ4v) is 2.07. The second kappa shape index (κ2) is 4.81. The van der Waals surface area contributed by atoms with Gasteiger partial charge in [-0.1, -0.05) is 24.3 Å².